The van der Waals surface area contributed by atoms with E-state index in [-0.39, 0.29) is 22.3 Å². The van der Waals surface area contributed by atoms with Crippen molar-refractivity contribution in [2.75, 3.05) is 5.73 Å². The molecule has 5 rings (SSSR count). The zero-order valence-corrected chi connectivity index (χ0v) is 24.6. The van der Waals surface area contributed by atoms with Crippen LogP contribution < -0.4 is 14.1 Å². The van der Waals surface area contributed by atoms with Crippen LogP contribution in [0.5, 0.6) is 11.5 Å². The topological polar surface area (TPSA) is 221 Å². The molecule has 0 atom stereocenters. The van der Waals surface area contributed by atoms with Gasteiger partial charge in [-0.25, -0.2) is 0 Å². The van der Waals surface area contributed by atoms with Crippen LogP contribution in [0.3, 0.4) is 0 Å². The molecule has 43 heavy (non-hydrogen) atoms. The second kappa shape index (κ2) is 10.5. The molecule has 0 radical (unpaired) electrons. The van der Waals surface area contributed by atoms with Gasteiger partial charge in [-0.3, -0.25) is 9.11 Å². The molecule has 17 heteroatoms. The summed E-state index contributed by atoms with van der Waals surface area (Å²) in [4.78, 5) is -1.88. The molecule has 0 heterocycles. The maximum atomic E-state index is 13.0. The van der Waals surface area contributed by atoms with Gasteiger partial charge in [0.1, 0.15) is 21.3 Å². The summed E-state index contributed by atoms with van der Waals surface area (Å²) in [5.74, 6) is -0.417. The lowest BCUT2D eigenvalue weighted by atomic mass is 10.1. The lowest BCUT2D eigenvalue weighted by Gasteiger charge is -2.12. The van der Waals surface area contributed by atoms with Crippen molar-refractivity contribution < 1.29 is 51.1 Å². The fourth-order valence-electron chi connectivity index (χ4n) is 4.09. The summed E-state index contributed by atoms with van der Waals surface area (Å²) in [5.41, 5.74) is 5.40. The van der Waals surface area contributed by atoms with Crippen LogP contribution >= 0.6 is 0 Å². The minimum atomic E-state index is -4.61. The Labute approximate surface area is 245 Å². The molecule has 4 N–H and O–H groups in total. The lowest BCUT2D eigenvalue weighted by molar-refractivity contribution is 0.481. The zero-order valence-electron chi connectivity index (χ0n) is 21.3. The summed E-state index contributed by atoms with van der Waals surface area (Å²) in [6.45, 7) is 0. The van der Waals surface area contributed by atoms with E-state index in [1.807, 2.05) is 0 Å². The van der Waals surface area contributed by atoms with Gasteiger partial charge in [0.25, 0.3) is 20.2 Å². The summed E-state index contributed by atoms with van der Waals surface area (Å²) >= 11 is 0. The summed E-state index contributed by atoms with van der Waals surface area (Å²) in [5, 5.41) is 1.55. The van der Waals surface area contributed by atoms with Crippen LogP contribution in [0.15, 0.2) is 111 Å². The molecule has 0 bridgehead atoms. The van der Waals surface area contributed by atoms with E-state index in [9.17, 15) is 42.8 Å². The van der Waals surface area contributed by atoms with Gasteiger partial charge in [-0.15, -0.1) is 0 Å². The number of anilines is 1. The molecule has 0 saturated carbocycles. The highest BCUT2D eigenvalue weighted by atomic mass is 32.2. The summed E-state index contributed by atoms with van der Waals surface area (Å²) in [6.07, 6.45) is 0. The van der Waals surface area contributed by atoms with Crippen LogP contribution in [0.1, 0.15) is 0 Å². The van der Waals surface area contributed by atoms with E-state index in [4.69, 9.17) is 14.1 Å². The predicted molar refractivity (Wildman–Crippen MR) is 154 cm³/mol. The van der Waals surface area contributed by atoms with Gasteiger partial charge >= 0.3 is 20.2 Å². The maximum absolute atomic E-state index is 13.0. The summed E-state index contributed by atoms with van der Waals surface area (Å²) in [6, 6.07) is 18.1. The minimum Gasteiger partial charge on any atom is -0.398 e. The van der Waals surface area contributed by atoms with Crippen LogP contribution in [0.4, 0.5) is 5.69 Å². The Morgan fingerprint density at radius 2 is 0.884 bits per heavy atom. The molecule has 0 aliphatic rings. The molecule has 0 fully saturated rings. The number of hydrogen-bond acceptors (Lipinski definition) is 11. The van der Waals surface area contributed by atoms with Gasteiger partial charge in [0.05, 0.1) is 15.5 Å². The lowest BCUT2D eigenvalue weighted by Crippen LogP contribution is -2.14. The Bertz CT molecular complexity index is 2390. The zero-order chi connectivity index (χ0) is 31.4. The van der Waals surface area contributed by atoms with Crippen LogP contribution in [0.25, 0.3) is 21.5 Å². The maximum Gasteiger partial charge on any atom is 0.341 e. The SMILES string of the molecule is Nc1cc(S(=O)(=O)Oc2ccc3ccc(S(=O)(=O)O)cc3c2)ccc1S(=O)(=O)Oc1ccc2ccc(S(=O)(=O)O)cc2c1. The molecular weight excluding hydrogens is 647 g/mol. The third kappa shape index (κ3) is 6.41. The molecule has 5 aromatic carbocycles. The quantitative estimate of drug-likeness (QED) is 0.123. The summed E-state index contributed by atoms with van der Waals surface area (Å²) in [7, 11) is -18.2. The predicted octanol–water partition coefficient (Wildman–Crippen LogP) is 3.60. The van der Waals surface area contributed by atoms with Gasteiger partial charge in [0.2, 0.25) is 0 Å². The Hall–Kier alpha value is -4.26. The van der Waals surface area contributed by atoms with E-state index in [0.29, 0.717) is 10.8 Å². The van der Waals surface area contributed by atoms with Gasteiger partial charge in [-0.05, 0) is 88.3 Å². The number of benzene rings is 5. The van der Waals surface area contributed by atoms with Crippen molar-refractivity contribution in [1.29, 1.82) is 0 Å². The smallest absolute Gasteiger partial charge is 0.341 e. The number of hydrogen-bond donors (Lipinski definition) is 3. The van der Waals surface area contributed by atoms with Crippen molar-refractivity contribution in [1.82, 2.24) is 0 Å². The Morgan fingerprint density at radius 1 is 0.465 bits per heavy atom. The molecule has 0 spiro atoms. The standard InChI is InChI=1S/C26H19NO12S4/c27-25-15-24(42(34,35)38-20-5-1-16-3-7-22(40(28,29)30)13-18(16)11-20)9-10-26(25)43(36,37)39-21-6-2-17-4-8-23(41(31,32)33)14-19(17)12-21/h1-15H,27H2,(H,28,29,30)(H,31,32,33). The highest BCUT2D eigenvalue weighted by molar-refractivity contribution is 7.87. The van der Waals surface area contributed by atoms with Gasteiger partial charge in [-0.1, -0.05) is 24.3 Å². The van der Waals surface area contributed by atoms with Gasteiger partial charge < -0.3 is 14.1 Å². The van der Waals surface area contributed by atoms with Gasteiger partial charge in [0, 0.05) is 0 Å². The monoisotopic (exact) mass is 665 g/mol. The van der Waals surface area contributed by atoms with Crippen LogP contribution in [-0.2, 0) is 40.5 Å². The van der Waals surface area contributed by atoms with Crippen molar-refractivity contribution in [3.05, 3.63) is 91.0 Å². The molecular formula is C26H19NO12S4. The van der Waals surface area contributed by atoms with Gasteiger partial charge in [0.15, 0.2) is 0 Å². The van der Waals surface area contributed by atoms with Crippen LogP contribution in [-0.4, -0.2) is 42.8 Å². The number of fused-ring (bicyclic) bond motifs is 2. The minimum absolute atomic E-state index is 0.202. The van der Waals surface area contributed by atoms with E-state index >= 15 is 0 Å². The molecule has 224 valence electrons. The molecule has 0 aromatic heterocycles. The van der Waals surface area contributed by atoms with Crippen molar-refractivity contribution in [2.24, 2.45) is 0 Å². The average molecular weight is 666 g/mol. The first-order chi connectivity index (χ1) is 19.9. The highest BCUT2D eigenvalue weighted by Gasteiger charge is 2.25. The third-order valence-corrected chi connectivity index (χ3v) is 10.4. The van der Waals surface area contributed by atoms with E-state index in [1.54, 1.807) is 0 Å². The van der Waals surface area contributed by atoms with E-state index in [2.05, 4.69) is 0 Å². The Morgan fingerprint density at radius 3 is 1.33 bits per heavy atom. The van der Waals surface area contributed by atoms with E-state index in [0.717, 1.165) is 30.3 Å². The van der Waals surface area contributed by atoms with Gasteiger partial charge in [-0.2, -0.15) is 33.7 Å². The first-order valence-electron chi connectivity index (χ1n) is 11.7. The van der Waals surface area contributed by atoms with Crippen LogP contribution in [0.2, 0.25) is 0 Å². The fraction of sp³-hybridized carbons (Fsp3) is 0. The number of rotatable bonds is 8. The molecule has 0 saturated heterocycles. The Kier molecular flexibility index (Phi) is 7.36. The third-order valence-electron chi connectivity index (χ3n) is 6.11. The normalized spacial score (nSPS) is 12.8. The molecule has 0 aliphatic heterocycles. The van der Waals surface area contributed by atoms with E-state index in [1.165, 1.54) is 60.7 Å². The van der Waals surface area contributed by atoms with E-state index < -0.39 is 65.7 Å². The molecule has 13 nitrogen and oxygen atoms in total. The molecule has 0 amide bonds. The molecule has 0 aliphatic carbocycles. The highest BCUT2D eigenvalue weighted by Crippen LogP contribution is 2.31. The van der Waals surface area contributed by atoms with Crippen LogP contribution in [0, 0.1) is 0 Å². The Balaban J connectivity index is 1.41. The first kappa shape index (κ1) is 30.2. The second-order valence-electron chi connectivity index (χ2n) is 9.07. The molecule has 5 aromatic rings. The van der Waals surface area contributed by atoms with Crippen molar-refractivity contribution >= 4 is 67.7 Å². The van der Waals surface area contributed by atoms with Crippen molar-refractivity contribution in [2.45, 2.75) is 19.6 Å². The summed E-state index contributed by atoms with van der Waals surface area (Å²) < 4.78 is 126. The molecule has 0 unspecified atom stereocenters. The largest absolute Gasteiger partial charge is 0.398 e. The first-order valence-corrected chi connectivity index (χ1v) is 17.4. The number of nitrogen functional groups attached to an aromatic ring is 1. The second-order valence-corrected chi connectivity index (χ2v) is 15.0. The van der Waals surface area contributed by atoms with Crippen molar-refractivity contribution in [3.8, 4) is 11.5 Å². The average Bonchev–Trinajstić information content (AvgIpc) is 2.90. The fourth-order valence-corrected chi connectivity index (χ4v) is 7.11. The van der Waals surface area contributed by atoms with Crippen molar-refractivity contribution in [3.63, 3.8) is 0 Å². The number of nitrogens with two attached hydrogens (primary N) is 1.